The summed E-state index contributed by atoms with van der Waals surface area (Å²) < 4.78 is 0. The number of aryl methyl sites for hydroxylation is 1. The van der Waals surface area contributed by atoms with Crippen LogP contribution < -0.4 is 5.32 Å². The number of nitrogens with one attached hydrogen (secondary N) is 1. The monoisotopic (exact) mass is 216 g/mol. The maximum absolute atomic E-state index is 9.37. The molecule has 0 aliphatic carbocycles. The van der Waals surface area contributed by atoms with Gasteiger partial charge in [0.25, 0.3) is 0 Å². The third-order valence-electron chi connectivity index (χ3n) is 3.13. The molecule has 0 spiro atoms. The SMILES string of the molecule is CCC(C#N)(Nc1cccc(C)c1)C(C)C. The van der Waals surface area contributed by atoms with Crippen molar-refractivity contribution in [2.24, 2.45) is 5.92 Å². The van der Waals surface area contributed by atoms with E-state index in [1.165, 1.54) is 5.56 Å². The molecule has 16 heavy (non-hydrogen) atoms. The Hall–Kier alpha value is -1.49. The maximum atomic E-state index is 9.37. The molecule has 0 amide bonds. The fourth-order valence-corrected chi connectivity index (χ4v) is 1.86. The van der Waals surface area contributed by atoms with Crippen molar-refractivity contribution < 1.29 is 0 Å². The summed E-state index contributed by atoms with van der Waals surface area (Å²) >= 11 is 0. The van der Waals surface area contributed by atoms with Gasteiger partial charge in [-0.1, -0.05) is 32.9 Å². The van der Waals surface area contributed by atoms with Crippen LogP contribution >= 0.6 is 0 Å². The molecule has 0 aliphatic heterocycles. The molecule has 0 aliphatic rings. The minimum atomic E-state index is -0.464. The zero-order valence-electron chi connectivity index (χ0n) is 10.5. The summed E-state index contributed by atoms with van der Waals surface area (Å²) in [6.07, 6.45) is 0.801. The molecule has 1 N–H and O–H groups in total. The number of nitrogens with zero attached hydrogens (tertiary/aromatic N) is 1. The first-order valence-electron chi connectivity index (χ1n) is 5.80. The average molecular weight is 216 g/mol. The third kappa shape index (κ3) is 2.55. The first kappa shape index (κ1) is 12.6. The zero-order chi connectivity index (χ0) is 12.2. The lowest BCUT2D eigenvalue weighted by atomic mass is 9.85. The standard InChI is InChI=1S/C14H20N2/c1-5-14(10-15,11(2)3)16-13-8-6-7-12(4)9-13/h6-9,11,16H,5H2,1-4H3. The molecule has 2 heteroatoms. The van der Waals surface area contributed by atoms with E-state index in [9.17, 15) is 5.26 Å². The Balaban J connectivity index is 2.97. The maximum Gasteiger partial charge on any atom is 0.127 e. The molecule has 1 rings (SSSR count). The third-order valence-corrected chi connectivity index (χ3v) is 3.13. The van der Waals surface area contributed by atoms with Gasteiger partial charge in [0.2, 0.25) is 0 Å². The first-order chi connectivity index (χ1) is 7.54. The van der Waals surface area contributed by atoms with Crippen LogP contribution in [0.2, 0.25) is 0 Å². The smallest absolute Gasteiger partial charge is 0.127 e. The van der Waals surface area contributed by atoms with Crippen molar-refractivity contribution in [3.63, 3.8) is 0 Å². The lowest BCUT2D eigenvalue weighted by Crippen LogP contribution is -2.41. The lowest BCUT2D eigenvalue weighted by molar-refractivity contribution is 0.416. The molecule has 1 aromatic rings. The van der Waals surface area contributed by atoms with Gasteiger partial charge in [-0.2, -0.15) is 5.26 Å². The highest BCUT2D eigenvalue weighted by Crippen LogP contribution is 2.26. The van der Waals surface area contributed by atoms with Crippen molar-refractivity contribution in [1.29, 1.82) is 5.26 Å². The van der Waals surface area contributed by atoms with Crippen LogP contribution in [-0.2, 0) is 0 Å². The van der Waals surface area contributed by atoms with Gasteiger partial charge in [-0.25, -0.2) is 0 Å². The number of anilines is 1. The Morgan fingerprint density at radius 2 is 2.12 bits per heavy atom. The van der Waals surface area contributed by atoms with Gasteiger partial charge in [0.15, 0.2) is 0 Å². The summed E-state index contributed by atoms with van der Waals surface area (Å²) in [7, 11) is 0. The second-order valence-electron chi connectivity index (χ2n) is 4.59. The van der Waals surface area contributed by atoms with Gasteiger partial charge in [-0.05, 0) is 37.0 Å². The Bertz CT molecular complexity index is 390. The Morgan fingerprint density at radius 3 is 2.56 bits per heavy atom. The summed E-state index contributed by atoms with van der Waals surface area (Å²) in [6.45, 7) is 8.26. The van der Waals surface area contributed by atoms with E-state index in [-0.39, 0.29) is 5.92 Å². The fraction of sp³-hybridized carbons (Fsp3) is 0.500. The normalized spacial score (nSPS) is 14.2. The van der Waals surface area contributed by atoms with Crippen LogP contribution in [0, 0.1) is 24.2 Å². The van der Waals surface area contributed by atoms with Crippen molar-refractivity contribution in [2.75, 3.05) is 5.32 Å². The van der Waals surface area contributed by atoms with Crippen LogP contribution in [0.3, 0.4) is 0 Å². The van der Waals surface area contributed by atoms with E-state index in [1.54, 1.807) is 0 Å². The summed E-state index contributed by atoms with van der Waals surface area (Å²) in [6, 6.07) is 10.6. The van der Waals surface area contributed by atoms with Gasteiger partial charge < -0.3 is 5.32 Å². The largest absolute Gasteiger partial charge is 0.367 e. The van der Waals surface area contributed by atoms with Crippen molar-refractivity contribution in [3.8, 4) is 6.07 Å². The molecule has 1 unspecified atom stereocenters. The molecule has 0 fully saturated rings. The van der Waals surface area contributed by atoms with Crippen LogP contribution in [0.25, 0.3) is 0 Å². The number of rotatable bonds is 4. The predicted molar refractivity (Wildman–Crippen MR) is 68.3 cm³/mol. The number of hydrogen-bond acceptors (Lipinski definition) is 2. The molecule has 0 aromatic heterocycles. The highest BCUT2D eigenvalue weighted by atomic mass is 15.0. The van der Waals surface area contributed by atoms with E-state index in [4.69, 9.17) is 0 Å². The molecule has 86 valence electrons. The van der Waals surface area contributed by atoms with Gasteiger partial charge in [0.1, 0.15) is 5.54 Å². The number of benzene rings is 1. The average Bonchev–Trinajstić information content (AvgIpc) is 2.25. The van der Waals surface area contributed by atoms with E-state index in [0.29, 0.717) is 0 Å². The summed E-state index contributed by atoms with van der Waals surface area (Å²) in [4.78, 5) is 0. The molecular weight excluding hydrogens is 196 g/mol. The van der Waals surface area contributed by atoms with Crippen molar-refractivity contribution in [3.05, 3.63) is 29.8 Å². The number of nitriles is 1. The van der Waals surface area contributed by atoms with Crippen molar-refractivity contribution in [1.82, 2.24) is 0 Å². The highest BCUT2D eigenvalue weighted by Gasteiger charge is 2.31. The van der Waals surface area contributed by atoms with Crippen LogP contribution in [-0.4, -0.2) is 5.54 Å². The Labute approximate surface area is 98.3 Å². The lowest BCUT2D eigenvalue weighted by Gasteiger charge is -2.31. The second-order valence-corrected chi connectivity index (χ2v) is 4.59. The molecule has 1 aromatic carbocycles. The van der Waals surface area contributed by atoms with Crippen LogP contribution in [0.5, 0.6) is 0 Å². The quantitative estimate of drug-likeness (QED) is 0.832. The minimum absolute atomic E-state index is 0.281. The zero-order valence-corrected chi connectivity index (χ0v) is 10.5. The van der Waals surface area contributed by atoms with Gasteiger partial charge in [0, 0.05) is 5.69 Å². The summed E-state index contributed by atoms with van der Waals surface area (Å²) in [5.74, 6) is 0.281. The van der Waals surface area contributed by atoms with Gasteiger partial charge in [0.05, 0.1) is 6.07 Å². The predicted octanol–water partition coefficient (Wildman–Crippen LogP) is 3.74. The fourth-order valence-electron chi connectivity index (χ4n) is 1.86. The van der Waals surface area contributed by atoms with Crippen LogP contribution in [0.1, 0.15) is 32.8 Å². The van der Waals surface area contributed by atoms with Crippen molar-refractivity contribution in [2.45, 2.75) is 39.7 Å². The van der Waals surface area contributed by atoms with Crippen molar-refractivity contribution >= 4 is 5.69 Å². The van der Waals surface area contributed by atoms with Crippen LogP contribution in [0.15, 0.2) is 24.3 Å². The second kappa shape index (κ2) is 5.03. The van der Waals surface area contributed by atoms with Gasteiger partial charge in [-0.3, -0.25) is 0 Å². The minimum Gasteiger partial charge on any atom is -0.367 e. The number of hydrogen-bond donors (Lipinski definition) is 1. The van der Waals surface area contributed by atoms with Crippen LogP contribution in [0.4, 0.5) is 5.69 Å². The Kier molecular flexibility index (Phi) is 3.95. The van der Waals surface area contributed by atoms with Gasteiger partial charge in [-0.15, -0.1) is 0 Å². The molecule has 2 nitrogen and oxygen atoms in total. The topological polar surface area (TPSA) is 35.8 Å². The Morgan fingerprint density at radius 1 is 1.44 bits per heavy atom. The highest BCUT2D eigenvalue weighted by molar-refractivity contribution is 5.49. The first-order valence-corrected chi connectivity index (χ1v) is 5.80. The van der Waals surface area contributed by atoms with E-state index in [1.807, 2.05) is 19.1 Å². The molecular formula is C14H20N2. The molecule has 0 radical (unpaired) electrons. The van der Waals surface area contributed by atoms with E-state index < -0.39 is 5.54 Å². The molecule has 1 atom stereocenters. The van der Waals surface area contributed by atoms with Gasteiger partial charge >= 0.3 is 0 Å². The molecule has 0 heterocycles. The molecule has 0 saturated heterocycles. The van der Waals surface area contributed by atoms with E-state index >= 15 is 0 Å². The summed E-state index contributed by atoms with van der Waals surface area (Å²) in [5, 5.41) is 12.7. The van der Waals surface area contributed by atoms with E-state index in [0.717, 1.165) is 12.1 Å². The molecule has 0 saturated carbocycles. The summed E-state index contributed by atoms with van der Waals surface area (Å²) in [5.41, 5.74) is 1.77. The molecule has 0 bridgehead atoms. The van der Waals surface area contributed by atoms with E-state index in [2.05, 4.69) is 44.3 Å².